The van der Waals surface area contributed by atoms with E-state index >= 15 is 0 Å². The molecule has 2 N–H and O–H groups in total. The highest BCUT2D eigenvalue weighted by Crippen LogP contribution is 2.66. The van der Waals surface area contributed by atoms with Crippen LogP contribution in [0.3, 0.4) is 0 Å². The average Bonchev–Trinajstić information content (AvgIpc) is 2.67. The third-order valence-electron chi connectivity index (χ3n) is 4.33. The minimum atomic E-state index is -9.03. The Kier molecular flexibility index (Phi) is 9.62. The Balaban J connectivity index is 6.59. The van der Waals surface area contributed by atoms with Crippen molar-refractivity contribution in [2.45, 2.75) is 66.1 Å². The van der Waals surface area contributed by atoms with Crippen LogP contribution in [0.2, 0.25) is 0 Å². The van der Waals surface area contributed by atoms with Gasteiger partial charge in [0.15, 0.2) is 0 Å². The van der Waals surface area contributed by atoms with Gasteiger partial charge in [0.1, 0.15) is 0 Å². The van der Waals surface area contributed by atoms with Crippen LogP contribution in [-0.4, -0.2) is 88.0 Å². The zero-order valence-electron chi connectivity index (χ0n) is 16.4. The molecule has 0 aromatic carbocycles. The van der Waals surface area contributed by atoms with E-state index < -0.39 is 84.2 Å². The van der Waals surface area contributed by atoms with E-state index in [0.29, 0.717) is 0 Å². The van der Waals surface area contributed by atoms with Gasteiger partial charge in [0.25, 0.3) is 0 Å². The summed E-state index contributed by atoms with van der Waals surface area (Å²) in [5.41, 5.74) is -8.75. The third kappa shape index (κ3) is 5.13. The fraction of sp³-hybridized carbons (Fsp3) is 1.00. The molecule has 0 spiro atoms. The molecule has 1 atom stereocenters. The van der Waals surface area contributed by atoms with Crippen LogP contribution in [0, 0.1) is 0 Å². The van der Waals surface area contributed by atoms with E-state index in [1.165, 1.54) is 0 Å². The van der Waals surface area contributed by atoms with Crippen LogP contribution in [-0.2, 0) is 0 Å². The van der Waals surface area contributed by atoms with Crippen molar-refractivity contribution in [3.05, 3.63) is 0 Å². The number of halogens is 19. The van der Waals surface area contributed by atoms with E-state index in [4.69, 9.17) is 10.2 Å². The number of hydrogen-bond acceptors (Lipinski definition) is 3. The zero-order chi connectivity index (χ0) is 29.6. The molecule has 22 heteroatoms. The summed E-state index contributed by atoms with van der Waals surface area (Å²) in [6.45, 7) is -1.06. The molecular weight excluding hydrogens is 593 g/mol. The predicted molar refractivity (Wildman–Crippen MR) is 80.7 cm³/mol. The SMILES string of the molecule is OCC(O)CSCCC(F)(F)C(F)(F)C(F)(F)C(F)(F)C(F)(F)C(F)(F)C(F)(C(F)(F)F)C(F)(F)F. The number of alkyl halides is 19. The summed E-state index contributed by atoms with van der Waals surface area (Å²) < 4.78 is 250. The summed E-state index contributed by atoms with van der Waals surface area (Å²) in [7, 11) is 0. The highest BCUT2D eigenvalue weighted by molar-refractivity contribution is 7.99. The molecular formula is C14H11F19O2S. The Labute approximate surface area is 190 Å². The molecule has 0 aliphatic rings. The van der Waals surface area contributed by atoms with Crippen LogP contribution in [0.5, 0.6) is 0 Å². The van der Waals surface area contributed by atoms with Gasteiger partial charge < -0.3 is 10.2 Å². The Morgan fingerprint density at radius 1 is 0.528 bits per heavy atom. The number of thioether (sulfide) groups is 1. The van der Waals surface area contributed by atoms with Crippen molar-refractivity contribution >= 4 is 11.8 Å². The predicted octanol–water partition coefficient (Wildman–Crippen LogP) is 6.11. The second-order valence-electron chi connectivity index (χ2n) is 6.89. The molecule has 218 valence electrons. The second kappa shape index (κ2) is 9.92. The maximum absolute atomic E-state index is 13.6. The van der Waals surface area contributed by atoms with Crippen molar-refractivity contribution in [1.82, 2.24) is 0 Å². The van der Waals surface area contributed by atoms with E-state index in [-0.39, 0.29) is 11.8 Å². The van der Waals surface area contributed by atoms with Gasteiger partial charge >= 0.3 is 53.6 Å². The number of aliphatic hydroxyl groups is 2. The van der Waals surface area contributed by atoms with Crippen LogP contribution < -0.4 is 0 Å². The van der Waals surface area contributed by atoms with Crippen LogP contribution in [0.25, 0.3) is 0 Å². The van der Waals surface area contributed by atoms with Crippen LogP contribution in [0.1, 0.15) is 6.42 Å². The van der Waals surface area contributed by atoms with Gasteiger partial charge in [-0.25, -0.2) is 4.39 Å². The third-order valence-corrected chi connectivity index (χ3v) is 5.45. The van der Waals surface area contributed by atoms with Crippen LogP contribution in [0.15, 0.2) is 0 Å². The second-order valence-corrected chi connectivity index (χ2v) is 8.04. The zero-order valence-corrected chi connectivity index (χ0v) is 17.2. The van der Waals surface area contributed by atoms with Crippen molar-refractivity contribution in [3.63, 3.8) is 0 Å². The molecule has 0 rings (SSSR count). The average molecular weight is 604 g/mol. The summed E-state index contributed by atoms with van der Waals surface area (Å²) >= 11 is -0.0578. The Morgan fingerprint density at radius 3 is 1.19 bits per heavy atom. The summed E-state index contributed by atoms with van der Waals surface area (Å²) in [6.07, 6.45) is -21.0. The van der Waals surface area contributed by atoms with E-state index in [0.717, 1.165) is 0 Å². The molecule has 0 aliphatic carbocycles. The summed E-state index contributed by atoms with van der Waals surface area (Å²) in [5.74, 6) is -52.2. The summed E-state index contributed by atoms with van der Waals surface area (Å²) in [6, 6.07) is 0. The molecule has 1 unspecified atom stereocenters. The quantitative estimate of drug-likeness (QED) is 0.209. The van der Waals surface area contributed by atoms with Gasteiger partial charge in [-0.3, -0.25) is 0 Å². The molecule has 0 aromatic heterocycles. The van der Waals surface area contributed by atoms with Crippen molar-refractivity contribution < 1.29 is 93.6 Å². The fourth-order valence-electron chi connectivity index (χ4n) is 2.18. The first kappa shape index (κ1) is 34.9. The van der Waals surface area contributed by atoms with Crippen molar-refractivity contribution in [2.24, 2.45) is 0 Å². The first-order chi connectivity index (χ1) is 15.5. The number of rotatable bonds is 12. The Morgan fingerprint density at radius 2 is 0.861 bits per heavy atom. The minimum absolute atomic E-state index is 0.0578. The molecule has 0 bridgehead atoms. The van der Waals surface area contributed by atoms with Gasteiger partial charge in [0, 0.05) is 12.2 Å². The molecule has 0 amide bonds. The molecule has 0 radical (unpaired) electrons. The largest absolute Gasteiger partial charge is 0.438 e. The van der Waals surface area contributed by atoms with Crippen LogP contribution in [0.4, 0.5) is 83.4 Å². The Hall–Kier alpha value is -1.06. The lowest BCUT2D eigenvalue weighted by molar-refractivity contribution is -0.472. The highest BCUT2D eigenvalue weighted by atomic mass is 32.2. The topological polar surface area (TPSA) is 40.5 Å². The molecule has 0 aliphatic heterocycles. The molecule has 36 heavy (non-hydrogen) atoms. The van der Waals surface area contributed by atoms with Crippen molar-refractivity contribution in [2.75, 3.05) is 18.1 Å². The summed E-state index contributed by atoms with van der Waals surface area (Å²) in [4.78, 5) is 0. The summed E-state index contributed by atoms with van der Waals surface area (Å²) in [5, 5.41) is 17.3. The lowest BCUT2D eigenvalue weighted by Gasteiger charge is -2.45. The highest BCUT2D eigenvalue weighted by Gasteiger charge is 2.98. The molecule has 0 fully saturated rings. The van der Waals surface area contributed by atoms with Gasteiger partial charge in [0.2, 0.25) is 0 Å². The number of hydrogen-bond donors (Lipinski definition) is 2. The maximum Gasteiger partial charge on any atom is 0.438 e. The minimum Gasteiger partial charge on any atom is -0.394 e. The smallest absolute Gasteiger partial charge is 0.394 e. The molecule has 0 saturated carbocycles. The van der Waals surface area contributed by atoms with E-state index in [1.807, 2.05) is 0 Å². The Bertz CT molecular complexity index is 729. The van der Waals surface area contributed by atoms with Gasteiger partial charge in [-0.1, -0.05) is 0 Å². The lowest BCUT2D eigenvalue weighted by Crippen LogP contribution is -2.77. The van der Waals surface area contributed by atoms with Crippen molar-refractivity contribution in [1.29, 1.82) is 0 Å². The molecule has 0 saturated heterocycles. The van der Waals surface area contributed by atoms with Crippen molar-refractivity contribution in [3.8, 4) is 0 Å². The van der Waals surface area contributed by atoms with Gasteiger partial charge in [0.05, 0.1) is 12.7 Å². The lowest BCUT2D eigenvalue weighted by atomic mass is 9.83. The molecule has 0 aromatic rings. The van der Waals surface area contributed by atoms with Gasteiger partial charge in [-0.15, -0.1) is 0 Å². The van der Waals surface area contributed by atoms with Gasteiger partial charge in [-0.05, 0) is 5.75 Å². The standard InChI is InChI=1S/C14H11F19O2S/c15-6(16,1-2-36-4-5(35)3-34)8(18,19)10(22,23)12(26,27)11(24,25)9(20,21)7(17,13(28,29)30)14(31,32)33/h5,34-35H,1-4H2. The van der Waals surface area contributed by atoms with E-state index in [9.17, 15) is 83.4 Å². The fourth-order valence-corrected chi connectivity index (χ4v) is 3.13. The first-order valence-electron chi connectivity index (χ1n) is 8.41. The van der Waals surface area contributed by atoms with E-state index in [2.05, 4.69) is 0 Å². The molecule has 2 nitrogen and oxygen atoms in total. The number of aliphatic hydroxyl groups excluding tert-OH is 2. The molecule has 0 heterocycles. The van der Waals surface area contributed by atoms with E-state index in [1.54, 1.807) is 0 Å². The van der Waals surface area contributed by atoms with Crippen LogP contribution >= 0.6 is 11.8 Å². The maximum atomic E-state index is 13.6. The van der Waals surface area contributed by atoms with Gasteiger partial charge in [-0.2, -0.15) is 90.8 Å². The monoisotopic (exact) mass is 604 g/mol. The first-order valence-corrected chi connectivity index (χ1v) is 9.57. The normalized spacial score (nSPS) is 16.9.